The van der Waals surface area contributed by atoms with Crippen molar-refractivity contribution < 1.29 is 23.1 Å². The van der Waals surface area contributed by atoms with Crippen LogP contribution in [0.2, 0.25) is 0 Å². The molecule has 0 aromatic heterocycles. The summed E-state index contributed by atoms with van der Waals surface area (Å²) in [6.45, 7) is 10.4. The van der Waals surface area contributed by atoms with E-state index in [9.17, 15) is 23.1 Å². The lowest BCUT2D eigenvalue weighted by Crippen LogP contribution is -2.29. The summed E-state index contributed by atoms with van der Waals surface area (Å²) in [6.07, 6.45) is 7.19. The SMILES string of the molecule is CC.CC/C=C\C=C1/CC(C)(C)CN1S(=O)(=O)c1ccc(C(=O)Nc2ccc(Br)cc2C(=O)O)cc1. The molecule has 2 aromatic rings. The lowest BCUT2D eigenvalue weighted by Gasteiger charge is -2.22. The van der Waals surface area contributed by atoms with E-state index >= 15 is 0 Å². The van der Waals surface area contributed by atoms with Gasteiger partial charge in [0.2, 0.25) is 0 Å². The molecule has 0 saturated carbocycles. The summed E-state index contributed by atoms with van der Waals surface area (Å²) in [5, 5.41) is 12.0. The van der Waals surface area contributed by atoms with E-state index in [0.717, 1.165) is 12.1 Å². The average molecular weight is 578 g/mol. The number of carbonyl (C=O) groups excluding carboxylic acids is 1. The molecule has 1 amide bonds. The number of nitrogens with one attached hydrogen (secondary N) is 1. The Hall–Kier alpha value is -2.91. The van der Waals surface area contributed by atoms with Gasteiger partial charge in [0.05, 0.1) is 16.1 Å². The Balaban J connectivity index is 0.00000222. The van der Waals surface area contributed by atoms with Gasteiger partial charge >= 0.3 is 5.97 Å². The molecular weight excluding hydrogens is 544 g/mol. The molecule has 9 heteroatoms. The van der Waals surface area contributed by atoms with Crippen LogP contribution in [0.5, 0.6) is 0 Å². The van der Waals surface area contributed by atoms with Gasteiger partial charge in [-0.25, -0.2) is 13.2 Å². The zero-order chi connectivity index (χ0) is 27.1. The standard InChI is InChI=1S/C25H27BrN2O5S.C2H6/c1-4-5-6-7-19-15-25(2,3)16-28(19)34(32,33)20-11-8-17(9-12-20)23(29)27-22-13-10-18(26)14-21(22)24(30)31;1-2/h5-14H,4,15-16H2,1-3H3,(H,27,29)(H,30,31);1-2H3/b6-5-,19-7+;. The number of carbonyl (C=O) groups is 2. The van der Waals surface area contributed by atoms with E-state index in [1.54, 1.807) is 6.07 Å². The zero-order valence-electron chi connectivity index (χ0n) is 21.2. The van der Waals surface area contributed by atoms with Crippen molar-refractivity contribution in [3.8, 4) is 0 Å². The molecule has 1 saturated heterocycles. The summed E-state index contributed by atoms with van der Waals surface area (Å²) >= 11 is 3.21. The monoisotopic (exact) mass is 576 g/mol. The van der Waals surface area contributed by atoms with E-state index in [2.05, 4.69) is 21.2 Å². The van der Waals surface area contributed by atoms with Crippen molar-refractivity contribution in [3.63, 3.8) is 0 Å². The van der Waals surface area contributed by atoms with Crippen LogP contribution >= 0.6 is 15.9 Å². The number of allylic oxidation sites excluding steroid dienone is 4. The first-order valence-corrected chi connectivity index (χ1v) is 14.0. The number of hydrogen-bond donors (Lipinski definition) is 2. The molecule has 1 aliphatic heterocycles. The second-order valence-corrected chi connectivity index (χ2v) is 11.6. The highest BCUT2D eigenvalue weighted by molar-refractivity contribution is 9.10. The van der Waals surface area contributed by atoms with Crippen molar-refractivity contribution >= 4 is 43.5 Å². The van der Waals surface area contributed by atoms with Gasteiger partial charge in [-0.3, -0.25) is 9.10 Å². The molecule has 1 heterocycles. The van der Waals surface area contributed by atoms with Crippen LogP contribution < -0.4 is 5.32 Å². The van der Waals surface area contributed by atoms with E-state index in [4.69, 9.17) is 0 Å². The molecule has 0 atom stereocenters. The molecule has 2 aromatic carbocycles. The number of anilines is 1. The topological polar surface area (TPSA) is 104 Å². The number of halogens is 1. The van der Waals surface area contributed by atoms with E-state index < -0.39 is 21.9 Å². The van der Waals surface area contributed by atoms with Gasteiger partial charge in [0, 0.05) is 22.3 Å². The van der Waals surface area contributed by atoms with Crippen molar-refractivity contribution in [3.05, 3.63) is 82.0 Å². The van der Waals surface area contributed by atoms with Gasteiger partial charge in [0.25, 0.3) is 15.9 Å². The van der Waals surface area contributed by atoms with Gasteiger partial charge < -0.3 is 10.4 Å². The number of carboxylic acids is 1. The van der Waals surface area contributed by atoms with Crippen LogP contribution in [-0.4, -0.2) is 36.3 Å². The minimum Gasteiger partial charge on any atom is -0.478 e. The van der Waals surface area contributed by atoms with E-state index in [0.29, 0.717) is 17.4 Å². The zero-order valence-corrected chi connectivity index (χ0v) is 23.6. The van der Waals surface area contributed by atoms with Gasteiger partial charge in [-0.1, -0.05) is 62.7 Å². The summed E-state index contributed by atoms with van der Waals surface area (Å²) in [5.74, 6) is -1.72. The summed E-state index contributed by atoms with van der Waals surface area (Å²) in [4.78, 5) is 24.2. The van der Waals surface area contributed by atoms with Crippen LogP contribution in [0.3, 0.4) is 0 Å². The molecular formula is C27H33BrN2O5S. The minimum atomic E-state index is -3.80. The normalized spacial score (nSPS) is 16.1. The predicted molar refractivity (Wildman–Crippen MR) is 147 cm³/mol. The van der Waals surface area contributed by atoms with Crippen molar-refractivity contribution in [2.75, 3.05) is 11.9 Å². The fourth-order valence-corrected chi connectivity index (χ4v) is 5.77. The van der Waals surface area contributed by atoms with Gasteiger partial charge in [0.1, 0.15) is 0 Å². The van der Waals surface area contributed by atoms with Crippen molar-refractivity contribution in [2.45, 2.75) is 52.4 Å². The van der Waals surface area contributed by atoms with Gasteiger partial charge in [-0.15, -0.1) is 0 Å². The molecule has 194 valence electrons. The Labute approximate surface area is 222 Å². The van der Waals surface area contributed by atoms with Gasteiger partial charge in [0.15, 0.2) is 0 Å². The minimum absolute atomic E-state index is 0.0602. The summed E-state index contributed by atoms with van der Waals surface area (Å²) in [5.41, 5.74) is 0.835. The number of nitrogens with zero attached hydrogens (tertiary/aromatic N) is 1. The van der Waals surface area contributed by atoms with E-state index in [1.807, 2.05) is 52.8 Å². The molecule has 0 aliphatic carbocycles. The van der Waals surface area contributed by atoms with Crippen molar-refractivity contribution in [1.29, 1.82) is 0 Å². The van der Waals surface area contributed by atoms with Crippen LogP contribution in [-0.2, 0) is 10.0 Å². The van der Waals surface area contributed by atoms with Crippen molar-refractivity contribution in [1.82, 2.24) is 4.31 Å². The second kappa shape index (κ2) is 12.4. The summed E-state index contributed by atoms with van der Waals surface area (Å²) < 4.78 is 28.8. The predicted octanol–water partition coefficient (Wildman–Crippen LogP) is 6.70. The fourth-order valence-electron chi connectivity index (χ4n) is 3.72. The van der Waals surface area contributed by atoms with Gasteiger partial charge in [-0.2, -0.15) is 0 Å². The fraction of sp³-hybridized carbons (Fsp3) is 0.333. The smallest absolute Gasteiger partial charge is 0.337 e. The van der Waals surface area contributed by atoms with E-state index in [1.165, 1.54) is 40.7 Å². The molecule has 36 heavy (non-hydrogen) atoms. The maximum Gasteiger partial charge on any atom is 0.337 e. The maximum absolute atomic E-state index is 13.4. The molecule has 7 nitrogen and oxygen atoms in total. The van der Waals surface area contributed by atoms with Crippen LogP contribution in [0.25, 0.3) is 0 Å². The second-order valence-electron chi connectivity index (χ2n) is 8.82. The van der Waals surface area contributed by atoms with Crippen molar-refractivity contribution in [2.24, 2.45) is 5.41 Å². The number of sulfonamides is 1. The maximum atomic E-state index is 13.4. The third-order valence-electron chi connectivity index (χ3n) is 5.38. The lowest BCUT2D eigenvalue weighted by atomic mass is 9.92. The Kier molecular flexibility index (Phi) is 10.1. The highest BCUT2D eigenvalue weighted by Gasteiger charge is 2.39. The quantitative estimate of drug-likeness (QED) is 0.381. The highest BCUT2D eigenvalue weighted by atomic mass is 79.9. The number of carboxylic acid groups (broad SMARTS) is 1. The Morgan fingerprint density at radius 2 is 1.78 bits per heavy atom. The van der Waals surface area contributed by atoms with Crippen LogP contribution in [0.4, 0.5) is 5.69 Å². The Morgan fingerprint density at radius 1 is 1.14 bits per heavy atom. The summed E-state index contributed by atoms with van der Waals surface area (Å²) in [7, 11) is -3.80. The van der Waals surface area contributed by atoms with Crippen LogP contribution in [0.15, 0.2) is 75.8 Å². The van der Waals surface area contributed by atoms with Crippen LogP contribution in [0, 0.1) is 5.41 Å². The van der Waals surface area contributed by atoms with Crippen LogP contribution in [0.1, 0.15) is 68.2 Å². The average Bonchev–Trinajstić information content (AvgIpc) is 3.16. The van der Waals surface area contributed by atoms with Gasteiger partial charge in [-0.05, 0) is 66.8 Å². The van der Waals surface area contributed by atoms with E-state index in [-0.39, 0.29) is 27.1 Å². The molecule has 2 N–H and O–H groups in total. The number of aromatic carboxylic acids is 1. The first kappa shape index (κ1) is 29.3. The molecule has 0 bridgehead atoms. The molecule has 0 spiro atoms. The molecule has 0 radical (unpaired) electrons. The third kappa shape index (κ3) is 7.07. The number of amides is 1. The summed E-state index contributed by atoms with van der Waals surface area (Å²) in [6, 6.07) is 10.1. The lowest BCUT2D eigenvalue weighted by molar-refractivity contribution is 0.0698. The third-order valence-corrected chi connectivity index (χ3v) is 7.68. The Morgan fingerprint density at radius 3 is 2.36 bits per heavy atom. The number of benzene rings is 2. The molecule has 1 fully saturated rings. The largest absolute Gasteiger partial charge is 0.478 e. The molecule has 1 aliphatic rings. The molecule has 3 rings (SSSR count). The highest BCUT2D eigenvalue weighted by Crippen LogP contribution is 2.40. The first-order chi connectivity index (χ1) is 16.9. The number of hydrogen-bond acceptors (Lipinski definition) is 4. The number of rotatable bonds is 7. The molecule has 0 unspecified atom stereocenters. The Bertz CT molecular complexity index is 1270. The first-order valence-electron chi connectivity index (χ1n) is 11.8.